The number of ether oxygens (including phenoxy) is 1. The number of nitrogens with zero attached hydrogens (tertiary/aromatic N) is 1. The molecular weight excluding hydrogens is 366 g/mol. The molecule has 1 fully saturated rings. The standard InChI is InChI=1S/C19H29N3O6/c1-2-3-4-5-6-9-20-16(25)8-7-13-11-22(19(27)21-18(13)26)17-10-14(24)15(12-23)28-17/h7-8,11,14-15,17,23-24H,2-6,9-10,12H2,1H3,(H,20,25)(H,21,26,27)/b8-7+/t14?,15-,17-/m1/s1. The number of unbranched alkanes of at least 4 members (excludes halogenated alkanes) is 4. The molecular formula is C19H29N3O6. The van der Waals surface area contributed by atoms with Crippen molar-refractivity contribution >= 4 is 12.0 Å². The number of aromatic nitrogens is 2. The van der Waals surface area contributed by atoms with Crippen LogP contribution in [-0.2, 0) is 9.53 Å². The molecule has 156 valence electrons. The van der Waals surface area contributed by atoms with E-state index in [0.717, 1.165) is 30.3 Å². The SMILES string of the molecule is CCCCCCCNC(=O)/C=C/c1cn([C@H]2CC(O)[C@@H](CO)O2)c(=O)[nH]c1=O. The molecule has 1 saturated heterocycles. The second kappa shape index (κ2) is 10.9. The number of hydrogen-bond acceptors (Lipinski definition) is 6. The van der Waals surface area contributed by atoms with Crippen LogP contribution in [0.2, 0.25) is 0 Å². The smallest absolute Gasteiger partial charge is 0.330 e. The Balaban J connectivity index is 1.98. The second-order valence-electron chi connectivity index (χ2n) is 6.90. The summed E-state index contributed by atoms with van der Waals surface area (Å²) in [5.74, 6) is -0.319. The monoisotopic (exact) mass is 395 g/mol. The molecule has 0 radical (unpaired) electrons. The molecule has 1 amide bonds. The van der Waals surface area contributed by atoms with E-state index in [9.17, 15) is 19.5 Å². The summed E-state index contributed by atoms with van der Waals surface area (Å²) in [6.07, 6.45) is 6.93. The summed E-state index contributed by atoms with van der Waals surface area (Å²) < 4.78 is 6.59. The number of carbonyl (C=O) groups excluding carboxylic acids is 1. The van der Waals surface area contributed by atoms with E-state index < -0.39 is 29.7 Å². The molecule has 1 aliphatic rings. The molecule has 0 aliphatic carbocycles. The Morgan fingerprint density at radius 3 is 2.79 bits per heavy atom. The van der Waals surface area contributed by atoms with E-state index in [4.69, 9.17) is 9.84 Å². The zero-order valence-electron chi connectivity index (χ0n) is 16.1. The average Bonchev–Trinajstić information content (AvgIpc) is 3.04. The average molecular weight is 395 g/mol. The summed E-state index contributed by atoms with van der Waals surface area (Å²) in [6, 6.07) is 0. The van der Waals surface area contributed by atoms with Crippen molar-refractivity contribution in [3.05, 3.63) is 38.7 Å². The van der Waals surface area contributed by atoms with Crippen LogP contribution in [0.3, 0.4) is 0 Å². The number of hydrogen-bond donors (Lipinski definition) is 4. The lowest BCUT2D eigenvalue weighted by Gasteiger charge is -2.14. The summed E-state index contributed by atoms with van der Waals surface area (Å²) in [7, 11) is 0. The van der Waals surface area contributed by atoms with Crippen LogP contribution in [0.15, 0.2) is 21.9 Å². The molecule has 1 unspecified atom stereocenters. The predicted molar refractivity (Wildman–Crippen MR) is 104 cm³/mol. The van der Waals surface area contributed by atoms with E-state index in [2.05, 4.69) is 17.2 Å². The Bertz CT molecular complexity index is 785. The molecule has 28 heavy (non-hydrogen) atoms. The first-order valence-electron chi connectivity index (χ1n) is 9.72. The van der Waals surface area contributed by atoms with Crippen LogP contribution in [0, 0.1) is 0 Å². The summed E-state index contributed by atoms with van der Waals surface area (Å²) >= 11 is 0. The molecule has 4 N–H and O–H groups in total. The van der Waals surface area contributed by atoms with Gasteiger partial charge in [-0.15, -0.1) is 0 Å². The lowest BCUT2D eigenvalue weighted by molar-refractivity contribution is -0.116. The van der Waals surface area contributed by atoms with Gasteiger partial charge in [0, 0.05) is 25.2 Å². The van der Waals surface area contributed by atoms with E-state index in [1.165, 1.54) is 24.8 Å². The lowest BCUT2D eigenvalue weighted by atomic mass is 10.1. The molecule has 9 nitrogen and oxygen atoms in total. The Kier molecular flexibility index (Phi) is 8.62. The molecule has 3 atom stereocenters. The molecule has 0 bridgehead atoms. The number of aliphatic hydroxyl groups excluding tert-OH is 2. The molecule has 9 heteroatoms. The van der Waals surface area contributed by atoms with Gasteiger partial charge in [-0.25, -0.2) is 4.79 Å². The van der Waals surface area contributed by atoms with E-state index in [-0.39, 0.29) is 24.5 Å². The highest BCUT2D eigenvalue weighted by Gasteiger charge is 2.35. The number of amides is 1. The van der Waals surface area contributed by atoms with Crippen LogP contribution in [0.4, 0.5) is 0 Å². The Hall–Kier alpha value is -2.23. The van der Waals surface area contributed by atoms with Crippen molar-refractivity contribution in [3.63, 3.8) is 0 Å². The van der Waals surface area contributed by atoms with E-state index in [1.54, 1.807) is 0 Å². The Morgan fingerprint density at radius 1 is 1.36 bits per heavy atom. The van der Waals surface area contributed by atoms with Gasteiger partial charge >= 0.3 is 5.69 Å². The molecule has 0 saturated carbocycles. The third-order valence-electron chi connectivity index (χ3n) is 4.68. The maximum atomic E-state index is 12.0. The molecule has 1 aromatic heterocycles. The van der Waals surface area contributed by atoms with Crippen molar-refractivity contribution in [1.82, 2.24) is 14.9 Å². The van der Waals surface area contributed by atoms with Gasteiger partial charge in [-0.05, 0) is 12.5 Å². The van der Waals surface area contributed by atoms with Gasteiger partial charge in [-0.2, -0.15) is 0 Å². The van der Waals surface area contributed by atoms with E-state index in [1.807, 2.05) is 0 Å². The van der Waals surface area contributed by atoms with Crippen LogP contribution in [-0.4, -0.2) is 51.0 Å². The highest BCUT2D eigenvalue weighted by molar-refractivity contribution is 5.91. The maximum Gasteiger partial charge on any atom is 0.330 e. The van der Waals surface area contributed by atoms with Crippen LogP contribution >= 0.6 is 0 Å². The fourth-order valence-electron chi connectivity index (χ4n) is 3.05. The lowest BCUT2D eigenvalue weighted by Crippen LogP contribution is -2.33. The summed E-state index contributed by atoms with van der Waals surface area (Å²) in [5.41, 5.74) is -1.19. The van der Waals surface area contributed by atoms with Gasteiger partial charge < -0.3 is 20.3 Å². The minimum atomic E-state index is -0.907. The number of nitrogens with one attached hydrogen (secondary N) is 2. The van der Waals surface area contributed by atoms with Gasteiger partial charge in [-0.3, -0.25) is 19.1 Å². The first kappa shape index (κ1) is 22.1. The molecule has 1 aromatic rings. The van der Waals surface area contributed by atoms with Crippen LogP contribution in [0.1, 0.15) is 57.2 Å². The fourth-order valence-corrected chi connectivity index (χ4v) is 3.05. The Morgan fingerprint density at radius 2 is 2.11 bits per heavy atom. The van der Waals surface area contributed by atoms with Gasteiger partial charge in [0.25, 0.3) is 5.56 Å². The van der Waals surface area contributed by atoms with Crippen LogP contribution in [0.25, 0.3) is 6.08 Å². The second-order valence-corrected chi connectivity index (χ2v) is 6.90. The normalized spacial score (nSPS) is 22.0. The topological polar surface area (TPSA) is 134 Å². The molecule has 1 aliphatic heterocycles. The number of H-pyrrole nitrogens is 1. The predicted octanol–water partition coefficient (Wildman–Crippen LogP) is 0.277. The van der Waals surface area contributed by atoms with Gasteiger partial charge in [0.2, 0.25) is 5.91 Å². The third-order valence-corrected chi connectivity index (χ3v) is 4.68. The van der Waals surface area contributed by atoms with Crippen molar-refractivity contribution in [1.29, 1.82) is 0 Å². The fraction of sp³-hybridized carbons (Fsp3) is 0.632. The molecule has 2 heterocycles. The van der Waals surface area contributed by atoms with Crippen molar-refractivity contribution < 1.29 is 19.7 Å². The van der Waals surface area contributed by atoms with Crippen molar-refractivity contribution in [3.8, 4) is 0 Å². The van der Waals surface area contributed by atoms with E-state index >= 15 is 0 Å². The van der Waals surface area contributed by atoms with Crippen molar-refractivity contribution in [2.75, 3.05) is 13.2 Å². The van der Waals surface area contributed by atoms with Gasteiger partial charge in [0.05, 0.1) is 18.3 Å². The number of aliphatic hydroxyl groups is 2. The number of carbonyl (C=O) groups is 1. The Labute approximate surface area is 163 Å². The largest absolute Gasteiger partial charge is 0.394 e. The highest BCUT2D eigenvalue weighted by Crippen LogP contribution is 2.27. The van der Waals surface area contributed by atoms with Crippen LogP contribution < -0.4 is 16.6 Å². The minimum Gasteiger partial charge on any atom is -0.394 e. The quantitative estimate of drug-likeness (QED) is 0.332. The van der Waals surface area contributed by atoms with Gasteiger partial charge in [-0.1, -0.05) is 32.6 Å². The highest BCUT2D eigenvalue weighted by atomic mass is 16.5. The first-order chi connectivity index (χ1) is 13.5. The molecule has 0 aromatic carbocycles. The first-order valence-corrected chi connectivity index (χ1v) is 9.72. The summed E-state index contributed by atoms with van der Waals surface area (Å²) in [4.78, 5) is 38.1. The van der Waals surface area contributed by atoms with Gasteiger partial charge in [0.1, 0.15) is 12.3 Å². The number of aromatic amines is 1. The summed E-state index contributed by atoms with van der Waals surface area (Å²) in [5, 5.41) is 21.7. The molecule has 2 rings (SSSR count). The minimum absolute atomic E-state index is 0.110. The van der Waals surface area contributed by atoms with E-state index in [0.29, 0.717) is 6.54 Å². The zero-order chi connectivity index (χ0) is 20.5. The number of rotatable bonds is 10. The zero-order valence-corrected chi connectivity index (χ0v) is 16.1. The third kappa shape index (κ3) is 6.15. The van der Waals surface area contributed by atoms with Crippen LogP contribution in [0.5, 0.6) is 0 Å². The summed E-state index contributed by atoms with van der Waals surface area (Å²) in [6.45, 7) is 2.34. The van der Waals surface area contributed by atoms with Gasteiger partial charge in [0.15, 0.2) is 0 Å². The van der Waals surface area contributed by atoms with Crippen molar-refractivity contribution in [2.45, 2.75) is 63.9 Å². The maximum absolute atomic E-state index is 12.0. The van der Waals surface area contributed by atoms with Crippen molar-refractivity contribution in [2.24, 2.45) is 0 Å². The molecule has 0 spiro atoms.